The van der Waals surface area contributed by atoms with Gasteiger partial charge >= 0.3 is 0 Å². The average Bonchev–Trinajstić information content (AvgIpc) is 3.52. The first-order valence-corrected chi connectivity index (χ1v) is 9.65. The second-order valence-corrected chi connectivity index (χ2v) is 7.25. The second-order valence-electron chi connectivity index (χ2n) is 7.25. The van der Waals surface area contributed by atoms with Gasteiger partial charge in [-0.25, -0.2) is 9.97 Å². The zero-order chi connectivity index (χ0) is 20.1. The molecule has 0 unspecified atom stereocenters. The van der Waals surface area contributed by atoms with Crippen molar-refractivity contribution in [3.05, 3.63) is 72.9 Å². The smallest absolute Gasteiger partial charge is 0.159 e. The molecule has 30 heavy (non-hydrogen) atoms. The maximum atomic E-state index is 4.71. The van der Waals surface area contributed by atoms with Gasteiger partial charge in [-0.1, -0.05) is 18.2 Å². The van der Waals surface area contributed by atoms with Gasteiger partial charge in [0.25, 0.3) is 0 Å². The van der Waals surface area contributed by atoms with Gasteiger partial charge in [0.15, 0.2) is 5.82 Å². The van der Waals surface area contributed by atoms with E-state index in [2.05, 4.69) is 49.2 Å². The van der Waals surface area contributed by atoms with Crippen LogP contribution in [0.25, 0.3) is 55.8 Å². The first kappa shape index (κ1) is 16.7. The number of nitrogens with zero attached hydrogens (tertiary/aromatic N) is 4. The van der Waals surface area contributed by atoms with Crippen LogP contribution in [-0.2, 0) is 0 Å². The van der Waals surface area contributed by atoms with E-state index in [0.717, 1.165) is 61.4 Å². The number of hydrogen-bond donors (Lipinski definition) is 3. The highest BCUT2D eigenvalue weighted by atomic mass is 15.1. The van der Waals surface area contributed by atoms with E-state index in [9.17, 15) is 0 Å². The third-order valence-corrected chi connectivity index (χ3v) is 5.48. The van der Waals surface area contributed by atoms with Crippen LogP contribution in [0.4, 0.5) is 0 Å². The Morgan fingerprint density at radius 1 is 0.933 bits per heavy atom. The molecular weight excluding hydrogens is 374 g/mol. The minimum Gasteiger partial charge on any atom is -0.351 e. The van der Waals surface area contributed by atoms with E-state index in [-0.39, 0.29) is 0 Å². The third-order valence-electron chi connectivity index (χ3n) is 5.48. The Bertz CT molecular complexity index is 1470. The molecule has 0 fully saturated rings. The predicted octanol–water partition coefficient (Wildman–Crippen LogP) is 4.87. The van der Waals surface area contributed by atoms with Crippen molar-refractivity contribution >= 4 is 21.9 Å². The molecule has 0 amide bonds. The van der Waals surface area contributed by atoms with Crippen LogP contribution in [0.15, 0.2) is 67.4 Å². The van der Waals surface area contributed by atoms with Crippen molar-refractivity contribution < 1.29 is 0 Å². The summed E-state index contributed by atoms with van der Waals surface area (Å²) in [5.41, 5.74) is 8.84. The molecule has 6 aromatic rings. The van der Waals surface area contributed by atoms with Gasteiger partial charge in [-0.2, -0.15) is 5.10 Å². The van der Waals surface area contributed by atoms with Crippen LogP contribution < -0.4 is 0 Å². The lowest BCUT2D eigenvalue weighted by atomic mass is 9.97. The molecule has 0 radical (unpaired) electrons. The highest BCUT2D eigenvalue weighted by Crippen LogP contribution is 2.33. The number of imidazole rings is 2. The Morgan fingerprint density at radius 3 is 2.70 bits per heavy atom. The fourth-order valence-electron chi connectivity index (χ4n) is 3.91. The molecule has 0 saturated heterocycles. The van der Waals surface area contributed by atoms with Crippen LogP contribution >= 0.6 is 0 Å². The molecule has 0 atom stereocenters. The van der Waals surface area contributed by atoms with Gasteiger partial charge < -0.3 is 9.97 Å². The van der Waals surface area contributed by atoms with Gasteiger partial charge in [0.2, 0.25) is 0 Å². The van der Waals surface area contributed by atoms with Crippen molar-refractivity contribution in [2.75, 3.05) is 0 Å². The van der Waals surface area contributed by atoms with Crippen LogP contribution in [0, 0.1) is 6.92 Å². The number of aromatic amines is 3. The summed E-state index contributed by atoms with van der Waals surface area (Å²) in [5, 5.41) is 8.66. The number of aromatic nitrogens is 7. The molecule has 0 aliphatic rings. The SMILES string of the molecule is Cc1c(-c2ccc3[nH]nc(-c4nc5ccccc5[nH]4)c3c2)cncc1-c1c[nH]cn1. The minimum absolute atomic E-state index is 0.750. The topological polar surface area (TPSA) is 98.9 Å². The Labute approximate surface area is 171 Å². The maximum absolute atomic E-state index is 4.71. The van der Waals surface area contributed by atoms with Crippen LogP contribution in [-0.4, -0.2) is 35.1 Å². The summed E-state index contributed by atoms with van der Waals surface area (Å²) in [6, 6.07) is 14.3. The Hall–Kier alpha value is -4.26. The summed E-state index contributed by atoms with van der Waals surface area (Å²) in [7, 11) is 0. The third kappa shape index (κ3) is 2.52. The molecular formula is C23H17N7. The molecule has 7 heteroatoms. The molecule has 3 N–H and O–H groups in total. The Balaban J connectivity index is 1.51. The van der Waals surface area contributed by atoms with E-state index in [1.54, 1.807) is 6.33 Å². The minimum atomic E-state index is 0.750. The number of pyridine rings is 1. The summed E-state index contributed by atoms with van der Waals surface area (Å²) < 4.78 is 0. The molecule has 4 heterocycles. The summed E-state index contributed by atoms with van der Waals surface area (Å²) in [6.07, 6.45) is 7.31. The van der Waals surface area contributed by atoms with Crippen LogP contribution in [0.2, 0.25) is 0 Å². The average molecular weight is 391 g/mol. The van der Waals surface area contributed by atoms with Crippen molar-refractivity contribution in [3.63, 3.8) is 0 Å². The molecule has 144 valence electrons. The molecule has 0 aliphatic carbocycles. The fraction of sp³-hybridized carbons (Fsp3) is 0.0435. The van der Waals surface area contributed by atoms with Crippen molar-refractivity contribution in [2.24, 2.45) is 0 Å². The number of benzene rings is 2. The van der Waals surface area contributed by atoms with Crippen LogP contribution in [0.5, 0.6) is 0 Å². The lowest BCUT2D eigenvalue weighted by Crippen LogP contribution is -1.91. The molecule has 7 nitrogen and oxygen atoms in total. The summed E-state index contributed by atoms with van der Waals surface area (Å²) in [4.78, 5) is 19.9. The summed E-state index contributed by atoms with van der Waals surface area (Å²) >= 11 is 0. The Morgan fingerprint density at radius 2 is 1.83 bits per heavy atom. The van der Waals surface area contributed by atoms with Crippen LogP contribution in [0.3, 0.4) is 0 Å². The number of fused-ring (bicyclic) bond motifs is 2. The number of nitrogens with one attached hydrogen (secondary N) is 3. The van der Waals surface area contributed by atoms with Gasteiger partial charge in [-0.15, -0.1) is 0 Å². The van der Waals surface area contributed by atoms with Crippen molar-refractivity contribution in [3.8, 4) is 33.9 Å². The summed E-state index contributed by atoms with van der Waals surface area (Å²) in [6.45, 7) is 2.10. The first-order valence-electron chi connectivity index (χ1n) is 9.65. The Kier molecular flexibility index (Phi) is 3.55. The van der Waals surface area contributed by atoms with Gasteiger partial charge in [0.05, 0.1) is 28.6 Å². The number of H-pyrrole nitrogens is 3. The molecule has 6 rings (SSSR count). The molecule has 0 spiro atoms. The van der Waals surface area contributed by atoms with Gasteiger partial charge in [-0.05, 0) is 42.3 Å². The van der Waals surface area contributed by atoms with E-state index < -0.39 is 0 Å². The zero-order valence-electron chi connectivity index (χ0n) is 16.1. The number of hydrogen-bond acceptors (Lipinski definition) is 4. The van der Waals surface area contributed by atoms with E-state index >= 15 is 0 Å². The van der Waals surface area contributed by atoms with Crippen LogP contribution in [0.1, 0.15) is 5.56 Å². The zero-order valence-corrected chi connectivity index (χ0v) is 16.1. The highest BCUT2D eigenvalue weighted by Gasteiger charge is 2.15. The first-order chi connectivity index (χ1) is 14.8. The quantitative estimate of drug-likeness (QED) is 0.401. The van der Waals surface area contributed by atoms with E-state index in [4.69, 9.17) is 4.98 Å². The largest absolute Gasteiger partial charge is 0.351 e. The van der Waals surface area contributed by atoms with E-state index in [1.807, 2.05) is 48.9 Å². The number of para-hydroxylation sites is 2. The van der Waals surface area contributed by atoms with Crippen molar-refractivity contribution in [1.82, 2.24) is 35.1 Å². The summed E-state index contributed by atoms with van der Waals surface area (Å²) in [5.74, 6) is 0.750. The van der Waals surface area contributed by atoms with E-state index in [0.29, 0.717) is 0 Å². The molecule has 2 aromatic carbocycles. The maximum Gasteiger partial charge on any atom is 0.159 e. The molecule has 0 aliphatic heterocycles. The van der Waals surface area contributed by atoms with Crippen molar-refractivity contribution in [1.29, 1.82) is 0 Å². The van der Waals surface area contributed by atoms with Gasteiger partial charge in [0, 0.05) is 35.1 Å². The normalized spacial score (nSPS) is 11.5. The number of rotatable bonds is 3. The lowest BCUT2D eigenvalue weighted by Gasteiger charge is -2.10. The monoisotopic (exact) mass is 391 g/mol. The molecule has 4 aromatic heterocycles. The highest BCUT2D eigenvalue weighted by molar-refractivity contribution is 5.96. The predicted molar refractivity (Wildman–Crippen MR) is 117 cm³/mol. The van der Waals surface area contributed by atoms with E-state index in [1.165, 1.54) is 0 Å². The fourth-order valence-corrected chi connectivity index (χ4v) is 3.91. The van der Waals surface area contributed by atoms with Crippen molar-refractivity contribution in [2.45, 2.75) is 6.92 Å². The van der Waals surface area contributed by atoms with Gasteiger partial charge in [-0.3, -0.25) is 10.1 Å². The standard InChI is InChI=1S/C23H17N7/c1-13-16(9-24-10-17(13)21-11-25-12-26-21)14-6-7-18-15(8-14)22(30-29-18)23-27-19-4-2-3-5-20(19)28-23/h2-12H,1H3,(H,25,26)(H,27,28)(H,29,30). The molecule has 0 bridgehead atoms. The molecule has 0 saturated carbocycles. The second kappa shape index (κ2) is 6.38. The van der Waals surface area contributed by atoms with Gasteiger partial charge in [0.1, 0.15) is 5.69 Å². The lowest BCUT2D eigenvalue weighted by molar-refractivity contribution is 1.11.